The summed E-state index contributed by atoms with van der Waals surface area (Å²) >= 11 is 0. The molecule has 7 heteroatoms. The predicted octanol–water partition coefficient (Wildman–Crippen LogP) is 3.83. The highest BCUT2D eigenvalue weighted by molar-refractivity contribution is 6.10. The first-order chi connectivity index (χ1) is 15.5. The lowest BCUT2D eigenvalue weighted by atomic mass is 9.85. The van der Waals surface area contributed by atoms with Crippen molar-refractivity contribution < 1.29 is 18.8 Å². The second kappa shape index (κ2) is 8.37. The number of halogens is 1. The Labute approximate surface area is 186 Å². The fourth-order valence-corrected chi connectivity index (χ4v) is 5.53. The third-order valence-electron chi connectivity index (χ3n) is 6.99. The van der Waals surface area contributed by atoms with E-state index >= 15 is 0 Å². The number of hydrogen-bond donors (Lipinski definition) is 1. The summed E-state index contributed by atoms with van der Waals surface area (Å²) in [6.45, 7) is -0.0294. The first-order valence-corrected chi connectivity index (χ1v) is 11.3. The van der Waals surface area contributed by atoms with Crippen LogP contribution in [0, 0.1) is 5.82 Å². The molecule has 2 bridgehead atoms. The van der Waals surface area contributed by atoms with E-state index in [1.54, 1.807) is 12.1 Å². The molecule has 0 radical (unpaired) electrons. The fourth-order valence-electron chi connectivity index (χ4n) is 5.53. The van der Waals surface area contributed by atoms with Crippen LogP contribution in [0.3, 0.4) is 0 Å². The lowest BCUT2D eigenvalue weighted by Gasteiger charge is -2.39. The van der Waals surface area contributed by atoms with Crippen molar-refractivity contribution in [3.8, 4) is 0 Å². The Morgan fingerprint density at radius 2 is 1.59 bits per heavy atom. The van der Waals surface area contributed by atoms with Crippen LogP contribution in [-0.4, -0.2) is 41.2 Å². The van der Waals surface area contributed by atoms with Crippen LogP contribution in [-0.2, 0) is 14.4 Å². The summed E-state index contributed by atoms with van der Waals surface area (Å²) in [6.07, 6.45) is 3.93. The molecule has 2 saturated heterocycles. The molecule has 166 valence electrons. The molecule has 1 N–H and O–H groups in total. The van der Waals surface area contributed by atoms with Crippen molar-refractivity contribution in [2.24, 2.45) is 0 Å². The number of piperidine rings is 1. The minimum atomic E-state index is -0.234. The van der Waals surface area contributed by atoms with Crippen molar-refractivity contribution in [2.75, 3.05) is 16.8 Å². The number of carbonyl (C=O) groups excluding carboxylic acids is 3. The molecule has 5 rings (SSSR count). The zero-order valence-electron chi connectivity index (χ0n) is 17.8. The normalized spacial score (nSPS) is 24.2. The predicted molar refractivity (Wildman–Crippen MR) is 119 cm³/mol. The summed E-state index contributed by atoms with van der Waals surface area (Å²) in [5.41, 5.74) is 2.42. The maximum absolute atomic E-state index is 13.3. The number of anilines is 2. The fraction of sp³-hybridized carbons (Fsp3) is 0.400. The minimum Gasteiger partial charge on any atom is -0.337 e. The number of nitrogens with zero attached hydrogens (tertiary/aromatic N) is 2. The van der Waals surface area contributed by atoms with E-state index < -0.39 is 0 Å². The van der Waals surface area contributed by atoms with Gasteiger partial charge in [-0.1, -0.05) is 24.3 Å². The van der Waals surface area contributed by atoms with E-state index in [2.05, 4.69) is 5.32 Å². The monoisotopic (exact) mass is 435 g/mol. The molecular formula is C25H26FN3O3. The average molecular weight is 435 g/mol. The number of carbonyl (C=O) groups is 3. The van der Waals surface area contributed by atoms with Gasteiger partial charge in [0.2, 0.25) is 17.7 Å². The molecule has 0 aromatic heterocycles. The second-order valence-electron chi connectivity index (χ2n) is 8.95. The number of fused-ring (bicyclic) bond motifs is 3. The summed E-state index contributed by atoms with van der Waals surface area (Å²) in [6, 6.07) is 14.2. The Morgan fingerprint density at radius 1 is 0.938 bits per heavy atom. The number of amides is 3. The van der Waals surface area contributed by atoms with Crippen molar-refractivity contribution in [1.82, 2.24) is 4.90 Å². The Kier molecular flexibility index (Phi) is 5.41. The second-order valence-corrected chi connectivity index (χ2v) is 8.95. The zero-order valence-corrected chi connectivity index (χ0v) is 17.8. The van der Waals surface area contributed by atoms with Crippen molar-refractivity contribution >= 4 is 29.1 Å². The number of nitrogens with one attached hydrogen (secondary N) is 1. The topological polar surface area (TPSA) is 69.7 Å². The number of rotatable bonds is 4. The first-order valence-electron chi connectivity index (χ1n) is 11.3. The Balaban J connectivity index is 1.21. The molecule has 3 amide bonds. The highest BCUT2D eigenvalue weighted by Crippen LogP contribution is 2.43. The molecule has 3 heterocycles. The van der Waals surface area contributed by atoms with Crippen LogP contribution in [0.5, 0.6) is 0 Å². The van der Waals surface area contributed by atoms with Gasteiger partial charge in [-0.25, -0.2) is 4.39 Å². The minimum absolute atomic E-state index is 0.0122. The molecule has 2 atom stereocenters. The van der Waals surface area contributed by atoms with Crippen LogP contribution in [0.1, 0.15) is 50.0 Å². The molecule has 2 fully saturated rings. The lowest BCUT2D eigenvalue weighted by molar-refractivity contribution is -0.137. The van der Waals surface area contributed by atoms with Gasteiger partial charge < -0.3 is 15.1 Å². The van der Waals surface area contributed by atoms with Crippen molar-refractivity contribution in [3.63, 3.8) is 0 Å². The molecule has 0 unspecified atom stereocenters. The SMILES string of the molecule is O=C1CN(C(=O)CCC(=O)N2[C@H]3CC[C@H]2CC(c2ccc(F)cc2)C3)c2ccccc2N1. The Morgan fingerprint density at radius 3 is 2.31 bits per heavy atom. The van der Waals surface area contributed by atoms with Gasteiger partial charge in [-0.3, -0.25) is 14.4 Å². The third kappa shape index (κ3) is 3.87. The van der Waals surface area contributed by atoms with Gasteiger partial charge in [0.05, 0.1) is 11.4 Å². The molecule has 0 aliphatic carbocycles. The van der Waals surface area contributed by atoms with Gasteiger partial charge in [0.1, 0.15) is 12.4 Å². The standard InChI is InChI=1S/C25H26FN3O3/c26-18-7-5-16(6-8-18)17-13-19-9-10-20(14-17)29(19)25(32)12-11-24(31)28-15-23(30)27-21-3-1-2-4-22(21)28/h1-8,17,19-20H,9-15H2,(H,27,30)/t19-,20-/m0/s1. The van der Waals surface area contributed by atoms with E-state index in [0.717, 1.165) is 31.2 Å². The summed E-state index contributed by atoms with van der Waals surface area (Å²) in [4.78, 5) is 41.4. The molecule has 0 spiro atoms. The van der Waals surface area contributed by atoms with E-state index in [9.17, 15) is 18.8 Å². The number of benzene rings is 2. The van der Waals surface area contributed by atoms with E-state index in [0.29, 0.717) is 17.3 Å². The van der Waals surface area contributed by atoms with Crippen LogP contribution in [0.25, 0.3) is 0 Å². The van der Waals surface area contributed by atoms with Crippen LogP contribution in [0.15, 0.2) is 48.5 Å². The van der Waals surface area contributed by atoms with Gasteiger partial charge in [0, 0.05) is 24.9 Å². The summed E-state index contributed by atoms with van der Waals surface area (Å²) in [7, 11) is 0. The lowest BCUT2D eigenvalue weighted by Crippen LogP contribution is -2.47. The Hall–Kier alpha value is -3.22. The van der Waals surface area contributed by atoms with Gasteiger partial charge in [-0.05, 0) is 61.4 Å². The van der Waals surface area contributed by atoms with Crippen LogP contribution in [0.4, 0.5) is 15.8 Å². The smallest absolute Gasteiger partial charge is 0.244 e. The largest absolute Gasteiger partial charge is 0.337 e. The molecular weight excluding hydrogens is 409 g/mol. The first kappa shape index (κ1) is 20.7. The molecule has 6 nitrogen and oxygen atoms in total. The molecule has 3 aliphatic heterocycles. The van der Waals surface area contributed by atoms with Crippen LogP contribution in [0.2, 0.25) is 0 Å². The van der Waals surface area contributed by atoms with Gasteiger partial charge in [-0.15, -0.1) is 0 Å². The molecule has 0 saturated carbocycles. The van der Waals surface area contributed by atoms with Crippen LogP contribution < -0.4 is 10.2 Å². The van der Waals surface area contributed by atoms with E-state index in [4.69, 9.17) is 0 Å². The maximum Gasteiger partial charge on any atom is 0.244 e. The van der Waals surface area contributed by atoms with Gasteiger partial charge in [0.25, 0.3) is 0 Å². The quantitative estimate of drug-likeness (QED) is 0.794. The maximum atomic E-state index is 13.3. The zero-order chi connectivity index (χ0) is 22.2. The van der Waals surface area contributed by atoms with E-state index in [-0.39, 0.29) is 55.0 Å². The van der Waals surface area contributed by atoms with Gasteiger partial charge in [-0.2, -0.15) is 0 Å². The molecule has 2 aromatic rings. The molecule has 2 aromatic carbocycles. The highest BCUT2D eigenvalue weighted by Gasteiger charge is 2.43. The van der Waals surface area contributed by atoms with Crippen molar-refractivity contribution in [3.05, 3.63) is 59.9 Å². The van der Waals surface area contributed by atoms with Crippen LogP contribution >= 0.6 is 0 Å². The average Bonchev–Trinajstić information content (AvgIpc) is 3.06. The Bertz CT molecular complexity index is 1040. The van der Waals surface area contributed by atoms with Gasteiger partial charge >= 0.3 is 0 Å². The van der Waals surface area contributed by atoms with Crippen molar-refractivity contribution in [2.45, 2.75) is 56.5 Å². The molecule has 3 aliphatic rings. The van der Waals surface area contributed by atoms with E-state index in [1.165, 1.54) is 17.0 Å². The number of hydrogen-bond acceptors (Lipinski definition) is 3. The highest BCUT2D eigenvalue weighted by atomic mass is 19.1. The number of para-hydroxylation sites is 2. The van der Waals surface area contributed by atoms with Crippen molar-refractivity contribution in [1.29, 1.82) is 0 Å². The summed E-state index contributed by atoms with van der Waals surface area (Å²) in [5.74, 6) is -0.332. The van der Waals surface area contributed by atoms with Gasteiger partial charge in [0.15, 0.2) is 0 Å². The third-order valence-corrected chi connectivity index (χ3v) is 6.99. The van der Waals surface area contributed by atoms with E-state index in [1.807, 2.05) is 29.2 Å². The summed E-state index contributed by atoms with van der Waals surface area (Å²) in [5, 5.41) is 2.77. The summed E-state index contributed by atoms with van der Waals surface area (Å²) < 4.78 is 13.3. The molecule has 32 heavy (non-hydrogen) atoms.